The largest absolute Gasteiger partial charge is 0.481 e. The molecule has 23 heavy (non-hydrogen) atoms. The van der Waals surface area contributed by atoms with Crippen molar-refractivity contribution in [1.82, 2.24) is 9.97 Å². The Balaban J connectivity index is 2.02. The summed E-state index contributed by atoms with van der Waals surface area (Å²) >= 11 is 0. The van der Waals surface area contributed by atoms with Gasteiger partial charge in [-0.05, 0) is 20.3 Å². The molecule has 2 fully saturated rings. The van der Waals surface area contributed by atoms with Gasteiger partial charge in [0.1, 0.15) is 16.6 Å². The number of piperidine rings is 1. The van der Waals surface area contributed by atoms with Crippen molar-refractivity contribution in [1.29, 1.82) is 0 Å². The van der Waals surface area contributed by atoms with E-state index in [1.807, 2.05) is 27.9 Å². The predicted octanol–water partition coefficient (Wildman–Crippen LogP) is 0.525. The van der Waals surface area contributed by atoms with Crippen LogP contribution in [-0.2, 0) is 9.59 Å². The van der Waals surface area contributed by atoms with Crippen LogP contribution in [0.4, 0.5) is 11.8 Å². The smallest absolute Gasteiger partial charge is 0.312 e. The molecule has 124 valence electrons. The number of aryl methyl sites for hydroxylation is 1. The van der Waals surface area contributed by atoms with Crippen LogP contribution in [0.2, 0.25) is 0 Å². The molecule has 0 radical (unpaired) electrons. The number of rotatable bonds is 4. The number of aliphatic carboxylic acids is 2. The van der Waals surface area contributed by atoms with Crippen LogP contribution in [0.1, 0.15) is 17.7 Å². The third kappa shape index (κ3) is 1.90. The van der Waals surface area contributed by atoms with E-state index in [9.17, 15) is 19.8 Å². The van der Waals surface area contributed by atoms with E-state index in [1.54, 1.807) is 9.80 Å². The first-order valence-corrected chi connectivity index (χ1v) is 7.39. The van der Waals surface area contributed by atoms with Crippen molar-refractivity contribution in [3.8, 4) is 0 Å². The van der Waals surface area contributed by atoms with Crippen molar-refractivity contribution in [2.24, 2.45) is 10.8 Å². The first-order valence-electron chi connectivity index (χ1n) is 7.39. The summed E-state index contributed by atoms with van der Waals surface area (Å²) in [4.78, 5) is 35.7. The molecule has 1 saturated carbocycles. The molecule has 0 spiro atoms. The minimum absolute atomic E-state index is 0.165. The van der Waals surface area contributed by atoms with Crippen LogP contribution >= 0.6 is 0 Å². The molecule has 1 saturated heterocycles. The zero-order chi connectivity index (χ0) is 17.2. The second-order valence-corrected chi connectivity index (χ2v) is 6.76. The predicted molar refractivity (Wildman–Crippen MR) is 82.8 cm³/mol. The summed E-state index contributed by atoms with van der Waals surface area (Å²) in [5.41, 5.74) is -0.767. The number of hydrogen-bond acceptors (Lipinski definition) is 6. The second-order valence-electron chi connectivity index (χ2n) is 6.76. The molecule has 3 rings (SSSR count). The highest BCUT2D eigenvalue weighted by molar-refractivity contribution is 5.96. The van der Waals surface area contributed by atoms with Crippen LogP contribution in [-0.4, -0.2) is 59.3 Å². The number of hydrogen-bond donors (Lipinski definition) is 2. The minimum atomic E-state index is -1.21. The van der Waals surface area contributed by atoms with Gasteiger partial charge < -0.3 is 20.0 Å². The summed E-state index contributed by atoms with van der Waals surface area (Å²) in [6, 6.07) is 0. The molecule has 2 N–H and O–H groups in total. The summed E-state index contributed by atoms with van der Waals surface area (Å²) in [6.07, 6.45) is 0.185. The molecular weight excluding hydrogens is 300 g/mol. The Morgan fingerprint density at radius 3 is 2.04 bits per heavy atom. The number of carbonyl (C=O) groups is 2. The van der Waals surface area contributed by atoms with Crippen LogP contribution in [0.5, 0.6) is 0 Å². The quantitative estimate of drug-likeness (QED) is 0.827. The van der Waals surface area contributed by atoms with Crippen LogP contribution < -0.4 is 9.80 Å². The molecule has 0 unspecified atom stereocenters. The Bertz CT molecular complexity index is 692. The lowest BCUT2D eigenvalue weighted by Gasteiger charge is -2.25. The van der Waals surface area contributed by atoms with E-state index in [0.29, 0.717) is 11.8 Å². The molecular formula is C15H20N4O4. The lowest BCUT2D eigenvalue weighted by Crippen LogP contribution is -2.31. The van der Waals surface area contributed by atoms with Crippen molar-refractivity contribution < 1.29 is 19.8 Å². The molecule has 8 heteroatoms. The average Bonchev–Trinajstić information content (AvgIpc) is 3.00. The molecule has 1 aromatic heterocycles. The van der Waals surface area contributed by atoms with Crippen molar-refractivity contribution in [2.75, 3.05) is 37.0 Å². The summed E-state index contributed by atoms with van der Waals surface area (Å²) in [5.74, 6) is -0.940. The summed E-state index contributed by atoms with van der Waals surface area (Å²) in [5, 5.41) is 19.1. The third-order valence-electron chi connectivity index (χ3n) is 5.19. The number of carboxylic acid groups (broad SMARTS) is 2. The zero-order valence-electron chi connectivity index (χ0n) is 13.6. The van der Waals surface area contributed by atoms with Gasteiger partial charge in [0.2, 0.25) is 5.95 Å². The molecule has 0 bridgehead atoms. The monoisotopic (exact) mass is 320 g/mol. The highest BCUT2D eigenvalue weighted by Crippen LogP contribution is 2.69. The van der Waals surface area contributed by atoms with E-state index in [1.165, 1.54) is 0 Å². The van der Waals surface area contributed by atoms with E-state index in [0.717, 1.165) is 11.3 Å². The number of carboxylic acids is 2. The fourth-order valence-electron chi connectivity index (χ4n) is 3.55. The van der Waals surface area contributed by atoms with E-state index >= 15 is 0 Å². The average molecular weight is 320 g/mol. The molecule has 1 aromatic rings. The van der Waals surface area contributed by atoms with Gasteiger partial charge in [0.05, 0.1) is 0 Å². The van der Waals surface area contributed by atoms with Crippen LogP contribution in [0.3, 0.4) is 0 Å². The normalized spacial score (nSPS) is 28.4. The summed E-state index contributed by atoms with van der Waals surface area (Å²) in [6.45, 7) is 4.07. The van der Waals surface area contributed by atoms with E-state index in [-0.39, 0.29) is 19.5 Å². The number of anilines is 2. The van der Waals surface area contributed by atoms with Crippen molar-refractivity contribution in [3.63, 3.8) is 0 Å². The van der Waals surface area contributed by atoms with E-state index in [2.05, 4.69) is 9.97 Å². The highest BCUT2D eigenvalue weighted by Gasteiger charge is 2.81. The zero-order valence-corrected chi connectivity index (χ0v) is 13.6. The van der Waals surface area contributed by atoms with Gasteiger partial charge in [-0.25, -0.2) is 4.98 Å². The molecule has 2 atom stereocenters. The molecule has 0 aromatic carbocycles. The third-order valence-corrected chi connectivity index (χ3v) is 5.19. The molecule has 2 aliphatic rings. The maximum Gasteiger partial charge on any atom is 0.312 e. The van der Waals surface area contributed by atoms with Crippen LogP contribution in [0.25, 0.3) is 0 Å². The van der Waals surface area contributed by atoms with Crippen molar-refractivity contribution in [3.05, 3.63) is 11.3 Å². The van der Waals surface area contributed by atoms with Gasteiger partial charge in [-0.1, -0.05) is 0 Å². The molecule has 2 heterocycles. The molecule has 8 nitrogen and oxygen atoms in total. The maximum atomic E-state index is 11.6. The fourth-order valence-corrected chi connectivity index (χ4v) is 3.55. The number of aromatic nitrogens is 2. The van der Waals surface area contributed by atoms with E-state index < -0.39 is 22.8 Å². The number of nitrogens with zero attached hydrogens (tertiary/aromatic N) is 4. The summed E-state index contributed by atoms with van der Waals surface area (Å²) in [7, 11) is 3.65. The molecule has 1 aliphatic heterocycles. The Labute approximate surface area is 133 Å². The lowest BCUT2D eigenvalue weighted by molar-refractivity contribution is -0.151. The van der Waals surface area contributed by atoms with Gasteiger partial charge in [-0.3, -0.25) is 9.59 Å². The van der Waals surface area contributed by atoms with Crippen LogP contribution in [0, 0.1) is 24.7 Å². The maximum absolute atomic E-state index is 11.6. The standard InChI is InChI=1S/C15H20N4O4/c1-8-9(2)16-13(18(3)4)17-10(8)19-6-14(11(20)21)5-15(14,7-19)12(22)23/h5-7H2,1-4H3,(H,20,21)(H,22,23)/t14-,15+. The second kappa shape index (κ2) is 4.56. The van der Waals surface area contributed by atoms with Gasteiger partial charge >= 0.3 is 11.9 Å². The Morgan fingerprint density at radius 1 is 1.09 bits per heavy atom. The van der Waals surface area contributed by atoms with Crippen LogP contribution in [0.15, 0.2) is 0 Å². The lowest BCUT2D eigenvalue weighted by atomic mass is 9.97. The van der Waals surface area contributed by atoms with Gasteiger partial charge in [0.15, 0.2) is 0 Å². The Hall–Kier alpha value is -2.38. The molecule has 0 amide bonds. The SMILES string of the molecule is Cc1nc(N(C)C)nc(N2C[C@@]3(C(=O)O)C[C@@]3(C(=O)O)C2)c1C. The minimum Gasteiger partial charge on any atom is -0.481 e. The molecule has 1 aliphatic carbocycles. The van der Waals surface area contributed by atoms with Gasteiger partial charge in [0.25, 0.3) is 0 Å². The number of fused-ring (bicyclic) bond motifs is 1. The van der Waals surface area contributed by atoms with E-state index in [4.69, 9.17) is 0 Å². The van der Waals surface area contributed by atoms with Gasteiger partial charge in [0, 0.05) is 38.4 Å². The van der Waals surface area contributed by atoms with Crippen molar-refractivity contribution >= 4 is 23.7 Å². The topological polar surface area (TPSA) is 107 Å². The Kier molecular flexibility index (Phi) is 3.08. The highest BCUT2D eigenvalue weighted by atomic mass is 16.4. The first kappa shape index (κ1) is 15.5. The fraction of sp³-hybridized carbons (Fsp3) is 0.600. The van der Waals surface area contributed by atoms with Gasteiger partial charge in [-0.2, -0.15) is 4.98 Å². The Morgan fingerprint density at radius 2 is 1.61 bits per heavy atom. The van der Waals surface area contributed by atoms with Gasteiger partial charge in [-0.15, -0.1) is 0 Å². The first-order chi connectivity index (χ1) is 10.6. The van der Waals surface area contributed by atoms with Crippen molar-refractivity contribution in [2.45, 2.75) is 20.3 Å². The summed E-state index contributed by atoms with van der Waals surface area (Å²) < 4.78 is 0.